The Balaban J connectivity index is 0.00000600. The van der Waals surface area contributed by atoms with Crippen molar-refractivity contribution in [3.63, 3.8) is 0 Å². The molecule has 4 aromatic rings. The summed E-state index contributed by atoms with van der Waals surface area (Å²) in [6, 6.07) is 6.92. The first-order valence-corrected chi connectivity index (χ1v) is 13.5. The van der Waals surface area contributed by atoms with Crippen LogP contribution in [0.3, 0.4) is 0 Å². The van der Waals surface area contributed by atoms with Crippen molar-refractivity contribution in [1.29, 1.82) is 0 Å². The van der Waals surface area contributed by atoms with Crippen LogP contribution in [0.5, 0.6) is 0 Å². The van der Waals surface area contributed by atoms with E-state index in [1.165, 1.54) is 48.5 Å². The second kappa shape index (κ2) is 14.0. The van der Waals surface area contributed by atoms with Crippen molar-refractivity contribution in [3.05, 3.63) is 129 Å². The van der Waals surface area contributed by atoms with Crippen LogP contribution in [0.4, 0.5) is 64.1 Å². The number of rotatable bonds is 7. The average Bonchev–Trinajstić information content (AvgIpc) is 2.94. The molecule has 4 rings (SSSR count). The molecule has 0 saturated carbocycles. The van der Waals surface area contributed by atoms with Gasteiger partial charge >= 0.3 is 24.7 Å². The molecule has 0 aromatic heterocycles. The van der Waals surface area contributed by atoms with Crippen molar-refractivity contribution in [1.82, 2.24) is 0 Å². The Kier molecular flexibility index (Phi) is 11.3. The summed E-state index contributed by atoms with van der Waals surface area (Å²) in [6.07, 6.45) is -21.5. The number of hydrogen-bond acceptors (Lipinski definition) is 2. The predicted molar refractivity (Wildman–Crippen MR) is 149 cm³/mol. The zero-order valence-electron chi connectivity index (χ0n) is 22.8. The van der Waals surface area contributed by atoms with E-state index < -0.39 is 70.2 Å². The normalized spacial score (nSPS) is 13.8. The van der Waals surface area contributed by atoms with Crippen molar-refractivity contribution in [3.8, 4) is 0 Å². The van der Waals surface area contributed by atoms with Crippen LogP contribution in [0.25, 0.3) is 10.6 Å². The third kappa shape index (κ3) is 8.93. The summed E-state index contributed by atoms with van der Waals surface area (Å²) < 4.78 is 168. The largest absolute Gasteiger partial charge is 0.781 e. The van der Waals surface area contributed by atoms with Gasteiger partial charge in [0.1, 0.15) is 0 Å². The molecule has 0 aliphatic carbocycles. The second-order valence-electron chi connectivity index (χ2n) is 9.68. The van der Waals surface area contributed by atoms with Crippen LogP contribution in [0, 0.1) is 0 Å². The van der Waals surface area contributed by atoms with E-state index in [9.17, 15) is 52.7 Å². The van der Waals surface area contributed by atoms with Gasteiger partial charge in [0.2, 0.25) is 0 Å². The molecule has 47 heavy (non-hydrogen) atoms. The molecule has 0 saturated heterocycles. The molecule has 0 N–H and O–H groups in total. The van der Waals surface area contributed by atoms with Gasteiger partial charge in [-0.15, -0.1) is 12.1 Å². The summed E-state index contributed by atoms with van der Waals surface area (Å²) in [5, 5.41) is 8.38. The van der Waals surface area contributed by atoms with E-state index in [4.69, 9.17) is 25.3 Å². The van der Waals surface area contributed by atoms with Gasteiger partial charge in [-0.25, -0.2) is 0 Å². The minimum absolute atomic E-state index is 0. The molecule has 0 amide bonds. The van der Waals surface area contributed by atoms with Crippen molar-refractivity contribution >= 4 is 36.6 Å². The van der Waals surface area contributed by atoms with Crippen LogP contribution >= 0.6 is 0 Å². The monoisotopic (exact) mass is 754 g/mol. The smallest absolute Gasteiger partial charge is 0.416 e. The quantitative estimate of drug-likeness (QED) is 0.107. The van der Waals surface area contributed by atoms with Gasteiger partial charge in [-0.1, -0.05) is 71.8 Å². The first-order valence-electron chi connectivity index (χ1n) is 12.7. The molecule has 2 atom stereocenters. The minimum Gasteiger partial charge on any atom is -0.781 e. The van der Waals surface area contributed by atoms with Gasteiger partial charge in [0.05, 0.1) is 22.3 Å². The summed E-state index contributed by atoms with van der Waals surface area (Å²) in [6.45, 7) is 0. The summed E-state index contributed by atoms with van der Waals surface area (Å²) in [5.41, 5.74) is -9.87. The predicted octanol–water partition coefficient (Wildman–Crippen LogP) is 11.8. The molecule has 4 aromatic carbocycles. The van der Waals surface area contributed by atoms with Gasteiger partial charge in [0.25, 0.3) is 0 Å². The molecule has 0 aliphatic rings. The molecule has 256 valence electrons. The van der Waals surface area contributed by atoms with Crippen LogP contribution in [0.1, 0.15) is 45.5 Å². The number of benzene rings is 4. The number of hydrogen-bond donors (Lipinski definition) is 0. The Hall–Kier alpha value is -3.43. The van der Waals surface area contributed by atoms with Gasteiger partial charge in [-0.2, -0.15) is 73.9 Å². The van der Waals surface area contributed by atoms with Crippen molar-refractivity contribution in [2.24, 2.45) is 0 Å². The standard InChI is InChI=1S/C30H18F12N2S2.Ni/c31-27(32,33)15-9-11-17(19(13-15)29(37,38)39)25(43-21-5-1-3-7-23(21)45)26(44-22-6-2-4-8-24(22)46)18-12-10-16(28(34,35)36)14-20(18)30(40,41)42;/h1-14,25-26,45-46H;/q-2;/p-2. The molecule has 0 bridgehead atoms. The SMILES string of the molecule is FC(F)(F)c1ccc(C([N-]c2ccccc2[S-])C([N-]c2ccccc2[S-])c2ccc(C(F)(F)F)cc2C(F)(F)F)c(C(F)(F)F)c1.[Ni]. The summed E-state index contributed by atoms with van der Waals surface area (Å²) in [5.74, 6) is 0. The van der Waals surface area contributed by atoms with Crippen LogP contribution in [-0.2, 0) is 66.5 Å². The van der Waals surface area contributed by atoms with Gasteiger partial charge in [0.15, 0.2) is 0 Å². The van der Waals surface area contributed by atoms with Gasteiger partial charge in [-0.05, 0) is 24.3 Å². The molecular weight excluding hydrogens is 739 g/mol. The summed E-state index contributed by atoms with van der Waals surface area (Å²) in [7, 11) is 0. The maximum Gasteiger partial charge on any atom is 0.416 e. The zero-order chi connectivity index (χ0) is 34.2. The van der Waals surface area contributed by atoms with Gasteiger partial charge in [0, 0.05) is 16.5 Å². The fraction of sp³-hybridized carbons (Fsp3) is 0.200. The number of para-hydroxylation sites is 2. The Labute approximate surface area is 280 Å². The van der Waals surface area contributed by atoms with E-state index in [0.29, 0.717) is 12.1 Å². The third-order valence-corrected chi connectivity index (χ3v) is 7.29. The molecule has 17 heteroatoms. The first-order chi connectivity index (χ1) is 21.2. The molecular formula is C30H16F12N2NiS2-4. The zero-order valence-corrected chi connectivity index (χ0v) is 25.4. The molecule has 0 aliphatic heterocycles. The Morgan fingerprint density at radius 1 is 0.447 bits per heavy atom. The minimum atomic E-state index is -5.51. The number of halogens is 12. The second-order valence-corrected chi connectivity index (χ2v) is 10.6. The number of alkyl halides is 12. The fourth-order valence-corrected chi connectivity index (χ4v) is 4.92. The maximum atomic E-state index is 14.4. The van der Waals surface area contributed by atoms with Crippen molar-refractivity contribution < 1.29 is 69.2 Å². The van der Waals surface area contributed by atoms with Crippen LogP contribution in [0.2, 0.25) is 0 Å². The first kappa shape index (κ1) is 38.0. The van der Waals surface area contributed by atoms with E-state index >= 15 is 0 Å². The van der Waals surface area contributed by atoms with Crippen molar-refractivity contribution in [2.45, 2.75) is 46.6 Å². The fourth-order valence-electron chi connectivity index (χ4n) is 4.52. The molecule has 0 heterocycles. The van der Waals surface area contributed by atoms with Gasteiger partial charge in [-0.3, -0.25) is 0 Å². The Bertz CT molecular complexity index is 1580. The Morgan fingerprint density at radius 3 is 1.04 bits per heavy atom. The summed E-state index contributed by atoms with van der Waals surface area (Å²) >= 11 is 10.4. The van der Waals surface area contributed by atoms with E-state index in [-0.39, 0.29) is 61.9 Å². The molecule has 0 fully saturated rings. The topological polar surface area (TPSA) is 28.2 Å². The molecule has 0 spiro atoms. The van der Waals surface area contributed by atoms with Crippen LogP contribution in [0.15, 0.2) is 94.7 Å². The Morgan fingerprint density at radius 2 is 0.766 bits per heavy atom. The molecule has 2 unspecified atom stereocenters. The van der Waals surface area contributed by atoms with Gasteiger partial charge < -0.3 is 35.9 Å². The van der Waals surface area contributed by atoms with E-state index in [1.54, 1.807) is 0 Å². The summed E-state index contributed by atoms with van der Waals surface area (Å²) in [4.78, 5) is -0.197. The van der Waals surface area contributed by atoms with Crippen LogP contribution < -0.4 is 0 Å². The maximum absolute atomic E-state index is 14.4. The molecule has 2 nitrogen and oxygen atoms in total. The van der Waals surface area contributed by atoms with E-state index in [0.717, 1.165) is 0 Å². The molecule has 0 radical (unpaired) electrons. The number of nitrogens with zero attached hydrogens (tertiary/aromatic N) is 2. The van der Waals surface area contributed by atoms with Crippen LogP contribution in [-0.4, -0.2) is 0 Å². The third-order valence-electron chi connectivity index (χ3n) is 6.60. The van der Waals surface area contributed by atoms with E-state index in [2.05, 4.69) is 10.6 Å². The van der Waals surface area contributed by atoms with E-state index in [1.807, 2.05) is 0 Å². The van der Waals surface area contributed by atoms with Crippen molar-refractivity contribution in [2.75, 3.05) is 0 Å². The average molecular weight is 755 g/mol.